The lowest BCUT2D eigenvalue weighted by Gasteiger charge is -2.21. The first kappa shape index (κ1) is 20.3. The number of carbonyl (C=O) groups excluding carboxylic acids is 1. The highest BCUT2D eigenvalue weighted by Crippen LogP contribution is 2.35. The van der Waals surface area contributed by atoms with Gasteiger partial charge in [-0.2, -0.15) is 0 Å². The van der Waals surface area contributed by atoms with Crippen molar-refractivity contribution in [2.75, 3.05) is 5.32 Å². The summed E-state index contributed by atoms with van der Waals surface area (Å²) < 4.78 is 0. The van der Waals surface area contributed by atoms with Crippen LogP contribution in [0.25, 0.3) is 10.8 Å². The Balaban J connectivity index is 1.84. The van der Waals surface area contributed by atoms with Crippen molar-refractivity contribution in [2.24, 2.45) is 5.41 Å². The zero-order valence-corrected chi connectivity index (χ0v) is 18.4. The van der Waals surface area contributed by atoms with Crippen LogP contribution in [0, 0.1) is 5.41 Å². The number of rotatable bonds is 4. The minimum Gasteiger partial charge on any atom is -0.310 e. The number of benzene rings is 3. The maximum atomic E-state index is 12.5. The molecule has 1 N–H and O–H groups in total. The number of nitrogens with one attached hydrogen (secondary N) is 1. The van der Waals surface area contributed by atoms with Gasteiger partial charge in [0.15, 0.2) is 0 Å². The van der Waals surface area contributed by atoms with Gasteiger partial charge in [-0.3, -0.25) is 4.79 Å². The Bertz CT molecular complexity index is 1180. The van der Waals surface area contributed by atoms with E-state index in [1.165, 1.54) is 21.4 Å². The molecule has 0 radical (unpaired) electrons. The zero-order valence-electron chi connectivity index (χ0n) is 17.5. The summed E-state index contributed by atoms with van der Waals surface area (Å²) in [5, 5.41) is 7.93. The second kappa shape index (κ2) is 8.38. The topological polar surface area (TPSA) is 42.0 Å². The molecule has 1 aromatic heterocycles. The Morgan fingerprint density at radius 2 is 1.47 bits per heavy atom. The quantitative estimate of drug-likeness (QED) is 0.481. The van der Waals surface area contributed by atoms with E-state index < -0.39 is 13.3 Å². The van der Waals surface area contributed by atoms with Crippen LogP contribution in [-0.4, -0.2) is 10.9 Å². The van der Waals surface area contributed by atoms with Gasteiger partial charge >= 0.3 is 0 Å². The summed E-state index contributed by atoms with van der Waals surface area (Å²) in [4.78, 5) is 17.4. The standard InChI is InChI=1S/C26H25N2OP/c1-26(2,3)25(29)28-23-17-10-18-24(27-23)30(20-13-5-4-6-14-20)22-16-9-12-19-11-7-8-15-21(19)22/h4-18H,1-3H3,(H,27,28,29). The van der Waals surface area contributed by atoms with Gasteiger partial charge in [-0.1, -0.05) is 99.6 Å². The summed E-state index contributed by atoms with van der Waals surface area (Å²) in [6.07, 6.45) is 0. The van der Waals surface area contributed by atoms with Crippen molar-refractivity contribution in [1.82, 2.24) is 4.98 Å². The maximum absolute atomic E-state index is 12.5. The second-order valence-corrected chi connectivity index (χ2v) is 10.4. The first-order chi connectivity index (χ1) is 14.4. The maximum Gasteiger partial charge on any atom is 0.230 e. The fraction of sp³-hybridized carbons (Fsp3) is 0.154. The molecular weight excluding hydrogens is 387 g/mol. The van der Waals surface area contributed by atoms with Crippen molar-refractivity contribution in [3.63, 3.8) is 0 Å². The predicted molar refractivity (Wildman–Crippen MR) is 129 cm³/mol. The fourth-order valence-corrected chi connectivity index (χ4v) is 5.68. The number of carbonyl (C=O) groups is 1. The molecule has 3 nitrogen and oxygen atoms in total. The summed E-state index contributed by atoms with van der Waals surface area (Å²) in [7, 11) is -0.877. The Hall–Kier alpha value is -3.03. The number of fused-ring (bicyclic) bond motifs is 1. The monoisotopic (exact) mass is 412 g/mol. The van der Waals surface area contributed by atoms with Crippen LogP contribution in [0.4, 0.5) is 5.82 Å². The highest BCUT2D eigenvalue weighted by atomic mass is 31.1. The third-order valence-corrected chi connectivity index (χ3v) is 7.30. The van der Waals surface area contributed by atoms with Gasteiger partial charge in [-0.15, -0.1) is 0 Å². The van der Waals surface area contributed by atoms with Gasteiger partial charge in [0.1, 0.15) is 5.82 Å². The highest BCUT2D eigenvalue weighted by molar-refractivity contribution is 7.80. The van der Waals surface area contributed by atoms with Crippen LogP contribution in [0.3, 0.4) is 0 Å². The van der Waals surface area contributed by atoms with E-state index in [2.05, 4.69) is 78.1 Å². The summed E-state index contributed by atoms with van der Waals surface area (Å²) in [5.41, 5.74) is 0.497. The van der Waals surface area contributed by atoms with Gasteiger partial charge in [0.2, 0.25) is 5.91 Å². The van der Waals surface area contributed by atoms with Crippen molar-refractivity contribution in [3.8, 4) is 0 Å². The SMILES string of the molecule is CC(C)(C)C(=O)Nc1cccc(P(c2ccccc2)c2cccc3ccccc23)n1. The molecule has 0 saturated carbocycles. The van der Waals surface area contributed by atoms with Crippen LogP contribution < -0.4 is 21.4 Å². The molecule has 0 fully saturated rings. The predicted octanol–water partition coefficient (Wildman–Crippen LogP) is 4.98. The normalized spacial score (nSPS) is 12.5. The van der Waals surface area contributed by atoms with Crippen molar-refractivity contribution in [2.45, 2.75) is 20.8 Å². The molecule has 1 atom stereocenters. The van der Waals surface area contributed by atoms with Crippen LogP contribution in [0.5, 0.6) is 0 Å². The summed E-state index contributed by atoms with van der Waals surface area (Å²) >= 11 is 0. The number of hydrogen-bond acceptors (Lipinski definition) is 2. The number of pyridine rings is 1. The molecule has 1 unspecified atom stereocenters. The van der Waals surface area contributed by atoms with Gasteiger partial charge in [-0.25, -0.2) is 4.98 Å². The van der Waals surface area contributed by atoms with E-state index in [9.17, 15) is 4.79 Å². The summed E-state index contributed by atoms with van der Waals surface area (Å²) in [5.74, 6) is 0.553. The zero-order chi connectivity index (χ0) is 21.1. The molecule has 3 aromatic carbocycles. The van der Waals surface area contributed by atoms with Crippen molar-refractivity contribution < 1.29 is 4.79 Å². The average molecular weight is 412 g/mol. The van der Waals surface area contributed by atoms with E-state index in [1.807, 2.05) is 39.0 Å². The third-order valence-electron chi connectivity index (χ3n) is 4.91. The molecule has 4 aromatic rings. The molecular formula is C26H25N2OP. The van der Waals surface area contributed by atoms with Crippen LogP contribution >= 0.6 is 7.92 Å². The lowest BCUT2D eigenvalue weighted by atomic mass is 9.96. The molecule has 4 rings (SSSR count). The van der Waals surface area contributed by atoms with Crippen LogP contribution in [0.2, 0.25) is 0 Å². The van der Waals surface area contributed by atoms with E-state index in [4.69, 9.17) is 4.98 Å². The number of anilines is 1. The van der Waals surface area contributed by atoms with Crippen LogP contribution in [-0.2, 0) is 4.79 Å². The van der Waals surface area contributed by atoms with E-state index >= 15 is 0 Å². The van der Waals surface area contributed by atoms with E-state index in [1.54, 1.807) is 0 Å². The third kappa shape index (κ3) is 4.27. The van der Waals surface area contributed by atoms with Gasteiger partial charge < -0.3 is 5.32 Å². The van der Waals surface area contributed by atoms with Gasteiger partial charge in [0.05, 0.1) is 5.44 Å². The molecule has 0 bridgehead atoms. The van der Waals surface area contributed by atoms with Gasteiger partial charge in [0, 0.05) is 13.3 Å². The van der Waals surface area contributed by atoms with Crippen LogP contribution in [0.15, 0.2) is 91.0 Å². The molecule has 150 valence electrons. The summed E-state index contributed by atoms with van der Waals surface area (Å²) in [6, 6.07) is 31.3. The molecule has 1 amide bonds. The summed E-state index contributed by atoms with van der Waals surface area (Å²) in [6.45, 7) is 5.71. The number of hydrogen-bond donors (Lipinski definition) is 1. The van der Waals surface area contributed by atoms with E-state index in [-0.39, 0.29) is 5.91 Å². The Morgan fingerprint density at radius 3 is 2.23 bits per heavy atom. The number of nitrogens with zero attached hydrogens (tertiary/aromatic N) is 1. The molecule has 0 saturated heterocycles. The molecule has 0 spiro atoms. The first-order valence-electron chi connectivity index (χ1n) is 10.0. The Morgan fingerprint density at radius 1 is 0.800 bits per heavy atom. The largest absolute Gasteiger partial charge is 0.310 e. The van der Waals surface area contributed by atoms with Gasteiger partial charge in [-0.05, 0) is 33.5 Å². The number of amides is 1. The smallest absolute Gasteiger partial charge is 0.230 e. The second-order valence-electron chi connectivity index (χ2n) is 8.25. The Kier molecular flexibility index (Phi) is 5.65. The molecule has 0 aliphatic heterocycles. The average Bonchev–Trinajstić information content (AvgIpc) is 2.75. The van der Waals surface area contributed by atoms with E-state index in [0.717, 1.165) is 5.44 Å². The minimum atomic E-state index is -0.877. The Labute approximate surface area is 178 Å². The highest BCUT2D eigenvalue weighted by Gasteiger charge is 2.23. The van der Waals surface area contributed by atoms with Crippen LogP contribution in [0.1, 0.15) is 20.8 Å². The first-order valence-corrected chi connectivity index (χ1v) is 11.4. The molecule has 0 aliphatic rings. The van der Waals surface area contributed by atoms with Crippen molar-refractivity contribution in [1.29, 1.82) is 0 Å². The lowest BCUT2D eigenvalue weighted by molar-refractivity contribution is -0.123. The lowest BCUT2D eigenvalue weighted by Crippen LogP contribution is -2.29. The molecule has 4 heteroatoms. The fourth-order valence-electron chi connectivity index (χ4n) is 3.30. The van der Waals surface area contributed by atoms with E-state index in [0.29, 0.717) is 5.82 Å². The van der Waals surface area contributed by atoms with Crippen molar-refractivity contribution in [3.05, 3.63) is 91.0 Å². The molecule has 1 heterocycles. The minimum absolute atomic E-state index is 0.0404. The van der Waals surface area contributed by atoms with Gasteiger partial charge in [0.25, 0.3) is 0 Å². The number of aromatic nitrogens is 1. The molecule has 0 aliphatic carbocycles. The molecule has 30 heavy (non-hydrogen) atoms. The van der Waals surface area contributed by atoms with Crippen molar-refractivity contribution >= 4 is 46.5 Å².